The molecule has 0 radical (unpaired) electrons. The van der Waals surface area contributed by atoms with Crippen molar-refractivity contribution in [1.29, 1.82) is 0 Å². The van der Waals surface area contributed by atoms with Gasteiger partial charge in [0.2, 0.25) is 0 Å². The zero-order chi connectivity index (χ0) is 13.8. The molecule has 0 saturated heterocycles. The second kappa shape index (κ2) is 6.36. The van der Waals surface area contributed by atoms with Crippen LogP contribution in [0.15, 0.2) is 11.0 Å². The van der Waals surface area contributed by atoms with E-state index in [1.54, 1.807) is 0 Å². The fraction of sp³-hybridized carbons (Fsp3) is 0.667. The Morgan fingerprint density at radius 1 is 1.47 bits per heavy atom. The third kappa shape index (κ3) is 3.46. The van der Waals surface area contributed by atoms with Crippen molar-refractivity contribution in [3.8, 4) is 0 Å². The van der Waals surface area contributed by atoms with E-state index in [1.165, 1.54) is 6.20 Å². The summed E-state index contributed by atoms with van der Waals surface area (Å²) in [6, 6.07) is 0.566. The molecule has 2 rings (SSSR count). The molecule has 106 valence electrons. The molecule has 4 N–H and O–H groups in total. The number of halogens is 1. The molecule has 0 bridgehead atoms. The number of aliphatic hydroxyl groups is 1. The predicted octanol–water partition coefficient (Wildman–Crippen LogP) is 0.571. The van der Waals surface area contributed by atoms with Crippen molar-refractivity contribution in [3.05, 3.63) is 21.6 Å². The molecule has 0 aromatic carbocycles. The second-order valence-corrected chi connectivity index (χ2v) is 5.26. The van der Waals surface area contributed by atoms with Gasteiger partial charge in [-0.3, -0.25) is 4.79 Å². The highest BCUT2D eigenvalue weighted by molar-refractivity contribution is 6.32. The molecule has 1 aromatic heterocycles. The van der Waals surface area contributed by atoms with Crippen LogP contribution in [0.1, 0.15) is 25.7 Å². The molecule has 0 unspecified atom stereocenters. The zero-order valence-electron chi connectivity index (χ0n) is 10.7. The fourth-order valence-corrected chi connectivity index (χ4v) is 2.50. The third-order valence-electron chi connectivity index (χ3n) is 3.43. The maximum Gasteiger partial charge on any atom is 0.287 e. The van der Waals surface area contributed by atoms with E-state index in [0.29, 0.717) is 5.69 Å². The van der Waals surface area contributed by atoms with E-state index in [4.69, 9.17) is 22.4 Å². The Hall–Kier alpha value is -1.11. The van der Waals surface area contributed by atoms with Crippen molar-refractivity contribution in [3.63, 3.8) is 0 Å². The van der Waals surface area contributed by atoms with Crippen LogP contribution in [0.25, 0.3) is 0 Å². The monoisotopic (exact) mass is 286 g/mol. The molecule has 1 aliphatic carbocycles. The van der Waals surface area contributed by atoms with Gasteiger partial charge in [-0.2, -0.15) is 5.10 Å². The summed E-state index contributed by atoms with van der Waals surface area (Å²) in [7, 11) is 0. The molecule has 0 spiro atoms. The van der Waals surface area contributed by atoms with Gasteiger partial charge in [-0.05, 0) is 25.7 Å². The highest BCUT2D eigenvalue weighted by Crippen LogP contribution is 2.23. The molecule has 1 aromatic rings. The minimum absolute atomic E-state index is 0.123. The topological polar surface area (TPSA) is 93.2 Å². The van der Waals surface area contributed by atoms with Crippen LogP contribution < -0.4 is 16.6 Å². The Bertz CT molecular complexity index is 483. The molecule has 0 atom stereocenters. The average Bonchev–Trinajstić information content (AvgIpc) is 2.41. The summed E-state index contributed by atoms with van der Waals surface area (Å²) in [5.74, 6) is 0. The van der Waals surface area contributed by atoms with E-state index in [-0.39, 0.29) is 35.8 Å². The van der Waals surface area contributed by atoms with Crippen molar-refractivity contribution >= 4 is 17.3 Å². The summed E-state index contributed by atoms with van der Waals surface area (Å²) >= 11 is 6.04. The quantitative estimate of drug-likeness (QED) is 0.752. The van der Waals surface area contributed by atoms with Gasteiger partial charge in [0.15, 0.2) is 0 Å². The number of nitrogens with two attached hydrogens (primary N) is 1. The highest BCUT2D eigenvalue weighted by atomic mass is 35.5. The molecule has 0 aliphatic heterocycles. The van der Waals surface area contributed by atoms with E-state index in [1.807, 2.05) is 0 Å². The van der Waals surface area contributed by atoms with Gasteiger partial charge in [-0.15, -0.1) is 0 Å². The Kier molecular flexibility index (Phi) is 4.79. The standard InChI is InChI=1S/C12H19ClN4O2/c13-11-10(7-15-17(5-6-18)12(11)19)16-9-3-1-8(14)2-4-9/h7-9,16,18H,1-6,14H2. The summed E-state index contributed by atoms with van der Waals surface area (Å²) < 4.78 is 1.16. The van der Waals surface area contributed by atoms with Crippen LogP contribution in [0.2, 0.25) is 5.02 Å². The summed E-state index contributed by atoms with van der Waals surface area (Å²) in [5.41, 5.74) is 6.03. The number of hydrogen-bond acceptors (Lipinski definition) is 5. The first-order valence-electron chi connectivity index (χ1n) is 6.50. The Labute approximate surface area is 116 Å². The van der Waals surface area contributed by atoms with Gasteiger partial charge in [0.05, 0.1) is 25.0 Å². The van der Waals surface area contributed by atoms with E-state index >= 15 is 0 Å². The van der Waals surface area contributed by atoms with Gasteiger partial charge in [0, 0.05) is 12.1 Å². The number of aliphatic hydroxyl groups excluding tert-OH is 1. The molecule has 1 heterocycles. The maximum atomic E-state index is 11.9. The molecule has 1 aliphatic rings. The predicted molar refractivity (Wildman–Crippen MR) is 74.4 cm³/mol. The van der Waals surface area contributed by atoms with Crippen molar-refractivity contribution in [2.45, 2.75) is 44.3 Å². The van der Waals surface area contributed by atoms with Gasteiger partial charge in [0.1, 0.15) is 5.02 Å². The van der Waals surface area contributed by atoms with Crippen LogP contribution in [0, 0.1) is 0 Å². The summed E-state index contributed by atoms with van der Waals surface area (Å²) in [4.78, 5) is 11.9. The summed E-state index contributed by atoms with van der Waals surface area (Å²) in [5, 5.41) is 16.2. The van der Waals surface area contributed by atoms with Crippen LogP contribution >= 0.6 is 11.6 Å². The zero-order valence-corrected chi connectivity index (χ0v) is 11.4. The molecule has 1 fully saturated rings. The SMILES string of the molecule is NC1CCC(Nc2cnn(CCO)c(=O)c2Cl)CC1. The number of anilines is 1. The molecule has 1 saturated carbocycles. The van der Waals surface area contributed by atoms with Crippen LogP contribution in [0.3, 0.4) is 0 Å². The van der Waals surface area contributed by atoms with E-state index < -0.39 is 0 Å². The molecule has 7 heteroatoms. The normalized spacial score (nSPS) is 23.3. The van der Waals surface area contributed by atoms with E-state index in [0.717, 1.165) is 30.4 Å². The first kappa shape index (κ1) is 14.3. The highest BCUT2D eigenvalue weighted by Gasteiger charge is 2.20. The first-order valence-corrected chi connectivity index (χ1v) is 6.88. The van der Waals surface area contributed by atoms with Crippen LogP contribution in [0.4, 0.5) is 5.69 Å². The van der Waals surface area contributed by atoms with Crippen LogP contribution in [-0.2, 0) is 6.54 Å². The molecule has 6 nitrogen and oxygen atoms in total. The van der Waals surface area contributed by atoms with Gasteiger partial charge in [-0.25, -0.2) is 4.68 Å². The minimum atomic E-state index is -0.381. The van der Waals surface area contributed by atoms with Gasteiger partial charge < -0.3 is 16.2 Å². The Balaban J connectivity index is 2.09. The molecule has 0 amide bonds. The van der Waals surface area contributed by atoms with Gasteiger partial charge in [-0.1, -0.05) is 11.6 Å². The number of aromatic nitrogens is 2. The van der Waals surface area contributed by atoms with Crippen molar-refractivity contribution in [2.24, 2.45) is 5.73 Å². The number of hydrogen-bond donors (Lipinski definition) is 3. The van der Waals surface area contributed by atoms with Crippen LogP contribution in [-0.4, -0.2) is 33.6 Å². The average molecular weight is 287 g/mol. The van der Waals surface area contributed by atoms with Crippen molar-refractivity contribution < 1.29 is 5.11 Å². The first-order chi connectivity index (χ1) is 9.11. The number of nitrogens with one attached hydrogen (secondary N) is 1. The lowest BCUT2D eigenvalue weighted by Crippen LogP contribution is -2.33. The van der Waals surface area contributed by atoms with Crippen LogP contribution in [0.5, 0.6) is 0 Å². The lowest BCUT2D eigenvalue weighted by Gasteiger charge is -2.27. The molecular formula is C12H19ClN4O2. The third-order valence-corrected chi connectivity index (χ3v) is 3.79. The largest absolute Gasteiger partial charge is 0.394 e. The van der Waals surface area contributed by atoms with Crippen molar-refractivity contribution in [2.75, 3.05) is 11.9 Å². The fourth-order valence-electron chi connectivity index (χ4n) is 2.30. The lowest BCUT2D eigenvalue weighted by atomic mass is 9.92. The van der Waals surface area contributed by atoms with Gasteiger partial charge >= 0.3 is 0 Å². The summed E-state index contributed by atoms with van der Waals surface area (Å²) in [6.45, 7) is 0.00758. The molecule has 19 heavy (non-hydrogen) atoms. The minimum Gasteiger partial charge on any atom is -0.394 e. The lowest BCUT2D eigenvalue weighted by molar-refractivity contribution is 0.266. The maximum absolute atomic E-state index is 11.9. The van der Waals surface area contributed by atoms with E-state index in [2.05, 4.69) is 10.4 Å². The van der Waals surface area contributed by atoms with E-state index in [9.17, 15) is 4.79 Å². The summed E-state index contributed by atoms with van der Waals surface area (Å²) in [6.07, 6.45) is 5.43. The smallest absolute Gasteiger partial charge is 0.287 e. The second-order valence-electron chi connectivity index (χ2n) is 4.88. The Morgan fingerprint density at radius 2 is 2.16 bits per heavy atom. The Morgan fingerprint density at radius 3 is 2.79 bits per heavy atom. The van der Waals surface area contributed by atoms with Gasteiger partial charge in [0.25, 0.3) is 5.56 Å². The van der Waals surface area contributed by atoms with Crippen molar-refractivity contribution in [1.82, 2.24) is 9.78 Å². The number of rotatable bonds is 4. The number of nitrogens with zero attached hydrogens (tertiary/aromatic N) is 2. The molecular weight excluding hydrogens is 268 g/mol.